The summed E-state index contributed by atoms with van der Waals surface area (Å²) in [5.41, 5.74) is 2.39. The molecule has 0 aliphatic carbocycles. The third kappa shape index (κ3) is 2.78. The number of hydrogen-bond donors (Lipinski definition) is 1. The summed E-state index contributed by atoms with van der Waals surface area (Å²) in [6.07, 6.45) is 4.61. The van der Waals surface area contributed by atoms with E-state index in [0.717, 1.165) is 18.2 Å². The first-order valence-corrected chi connectivity index (χ1v) is 6.77. The van der Waals surface area contributed by atoms with Gasteiger partial charge in [0.25, 0.3) is 0 Å². The number of aromatic nitrogens is 1. The number of carbonyl (C=O) groups excluding carboxylic acids is 1. The Balaban J connectivity index is 2.37. The minimum atomic E-state index is 0.290. The van der Waals surface area contributed by atoms with Gasteiger partial charge < -0.3 is 9.78 Å². The molecular formula is C14H16BrNO. The monoisotopic (exact) mass is 293 g/mol. The van der Waals surface area contributed by atoms with Crippen molar-refractivity contribution >= 4 is 33.1 Å². The predicted molar refractivity (Wildman–Crippen MR) is 74.7 cm³/mol. The highest BCUT2D eigenvalue weighted by Crippen LogP contribution is 2.31. The van der Waals surface area contributed by atoms with E-state index in [1.165, 1.54) is 10.9 Å². The van der Waals surface area contributed by atoms with Gasteiger partial charge >= 0.3 is 0 Å². The van der Waals surface area contributed by atoms with Crippen LogP contribution in [0.4, 0.5) is 0 Å². The number of aldehydes is 1. The fourth-order valence-corrected chi connectivity index (χ4v) is 2.74. The van der Waals surface area contributed by atoms with E-state index in [0.29, 0.717) is 11.2 Å². The number of nitrogens with one attached hydrogen (secondary N) is 1. The van der Waals surface area contributed by atoms with Crippen molar-refractivity contribution in [3.63, 3.8) is 0 Å². The Kier molecular flexibility index (Phi) is 4.00. The maximum atomic E-state index is 10.8. The standard InChI is InChI=1S/C14H16BrNO/c1-10(15)8-11(6-7-17)13-9-16-14-5-3-2-4-12(13)14/h2-5,7,9-11,16H,6,8H2,1H3/t10?,11-/m1/s1. The Morgan fingerprint density at radius 3 is 2.88 bits per heavy atom. The molecule has 1 aromatic heterocycles. The molecule has 0 saturated carbocycles. The van der Waals surface area contributed by atoms with Gasteiger partial charge in [-0.25, -0.2) is 0 Å². The third-order valence-electron chi connectivity index (χ3n) is 3.05. The van der Waals surface area contributed by atoms with Crippen molar-refractivity contribution in [2.45, 2.75) is 30.5 Å². The van der Waals surface area contributed by atoms with E-state index in [1.807, 2.05) is 18.3 Å². The molecule has 0 fully saturated rings. The molecule has 1 aromatic carbocycles. The van der Waals surface area contributed by atoms with Gasteiger partial charge in [0, 0.05) is 28.3 Å². The zero-order valence-corrected chi connectivity index (χ0v) is 11.4. The molecule has 0 spiro atoms. The van der Waals surface area contributed by atoms with Crippen LogP contribution in [-0.2, 0) is 4.79 Å². The van der Waals surface area contributed by atoms with Crippen molar-refractivity contribution in [1.29, 1.82) is 0 Å². The van der Waals surface area contributed by atoms with Crippen molar-refractivity contribution in [2.75, 3.05) is 0 Å². The second-order valence-corrected chi connectivity index (χ2v) is 5.97. The zero-order chi connectivity index (χ0) is 12.3. The van der Waals surface area contributed by atoms with Crippen molar-refractivity contribution < 1.29 is 4.79 Å². The minimum Gasteiger partial charge on any atom is -0.361 e. The van der Waals surface area contributed by atoms with Crippen LogP contribution < -0.4 is 0 Å². The van der Waals surface area contributed by atoms with E-state index >= 15 is 0 Å². The number of H-pyrrole nitrogens is 1. The van der Waals surface area contributed by atoms with Gasteiger partial charge in [-0.3, -0.25) is 0 Å². The number of para-hydroxylation sites is 1. The molecule has 0 bridgehead atoms. The Morgan fingerprint density at radius 2 is 2.18 bits per heavy atom. The van der Waals surface area contributed by atoms with Crippen LogP contribution in [0.3, 0.4) is 0 Å². The van der Waals surface area contributed by atoms with Gasteiger partial charge in [-0.05, 0) is 24.0 Å². The first-order chi connectivity index (χ1) is 8.22. The lowest BCUT2D eigenvalue weighted by atomic mass is 9.92. The number of rotatable bonds is 5. The van der Waals surface area contributed by atoms with Crippen LogP contribution in [0.1, 0.15) is 31.2 Å². The summed E-state index contributed by atoms with van der Waals surface area (Å²) in [5.74, 6) is 0.290. The number of hydrogen-bond acceptors (Lipinski definition) is 1. The number of benzene rings is 1. The second-order valence-electron chi connectivity index (χ2n) is 4.41. The summed E-state index contributed by atoms with van der Waals surface area (Å²) in [4.78, 5) is 14.5. The molecule has 1 N–H and O–H groups in total. The van der Waals surface area contributed by atoms with Gasteiger partial charge in [-0.1, -0.05) is 41.1 Å². The molecule has 0 radical (unpaired) electrons. The molecular weight excluding hydrogens is 278 g/mol. The highest BCUT2D eigenvalue weighted by molar-refractivity contribution is 9.09. The molecule has 2 nitrogen and oxygen atoms in total. The Bertz CT molecular complexity index is 504. The van der Waals surface area contributed by atoms with E-state index in [1.54, 1.807) is 0 Å². The molecule has 90 valence electrons. The molecule has 0 saturated heterocycles. The molecule has 17 heavy (non-hydrogen) atoms. The average molecular weight is 294 g/mol. The highest BCUT2D eigenvalue weighted by atomic mass is 79.9. The van der Waals surface area contributed by atoms with E-state index in [-0.39, 0.29) is 5.92 Å². The molecule has 2 atom stereocenters. The molecule has 3 heteroatoms. The summed E-state index contributed by atoms with van der Waals surface area (Å²) < 4.78 is 0. The Labute approximate surface area is 110 Å². The Morgan fingerprint density at radius 1 is 1.41 bits per heavy atom. The fraction of sp³-hybridized carbons (Fsp3) is 0.357. The second kappa shape index (κ2) is 5.50. The van der Waals surface area contributed by atoms with Crippen LogP contribution in [0.5, 0.6) is 0 Å². The number of halogens is 1. The lowest BCUT2D eigenvalue weighted by Gasteiger charge is -2.15. The average Bonchev–Trinajstić information content (AvgIpc) is 2.71. The van der Waals surface area contributed by atoms with Crippen molar-refractivity contribution in [3.8, 4) is 0 Å². The van der Waals surface area contributed by atoms with Crippen molar-refractivity contribution in [2.24, 2.45) is 0 Å². The minimum absolute atomic E-state index is 0.290. The van der Waals surface area contributed by atoms with E-state index in [4.69, 9.17) is 0 Å². The van der Waals surface area contributed by atoms with Gasteiger partial charge in [0.05, 0.1) is 0 Å². The van der Waals surface area contributed by atoms with Crippen molar-refractivity contribution in [1.82, 2.24) is 4.98 Å². The van der Waals surface area contributed by atoms with Crippen LogP contribution in [0, 0.1) is 0 Å². The van der Waals surface area contributed by atoms with Gasteiger partial charge in [0.2, 0.25) is 0 Å². The smallest absolute Gasteiger partial charge is 0.120 e. The van der Waals surface area contributed by atoms with Crippen molar-refractivity contribution in [3.05, 3.63) is 36.0 Å². The number of fused-ring (bicyclic) bond motifs is 1. The lowest BCUT2D eigenvalue weighted by molar-refractivity contribution is -0.108. The number of aromatic amines is 1. The number of alkyl halides is 1. The summed E-state index contributed by atoms with van der Waals surface area (Å²) in [6, 6.07) is 8.23. The predicted octanol–water partition coefficient (Wildman–Crippen LogP) is 4.01. The summed E-state index contributed by atoms with van der Waals surface area (Å²) >= 11 is 3.57. The van der Waals surface area contributed by atoms with Crippen LogP contribution in [-0.4, -0.2) is 16.1 Å². The maximum absolute atomic E-state index is 10.8. The first kappa shape index (κ1) is 12.4. The van der Waals surface area contributed by atoms with E-state index in [2.05, 4.69) is 40.0 Å². The van der Waals surface area contributed by atoms with E-state index < -0.39 is 0 Å². The Hall–Kier alpha value is -1.09. The largest absolute Gasteiger partial charge is 0.361 e. The SMILES string of the molecule is CC(Br)C[C@@H](CC=O)c1c[nH]c2ccccc12. The van der Waals surface area contributed by atoms with Gasteiger partial charge in [0.1, 0.15) is 6.29 Å². The summed E-state index contributed by atoms with van der Waals surface area (Å²) in [6.45, 7) is 2.12. The van der Waals surface area contributed by atoms with Crippen LogP contribution >= 0.6 is 15.9 Å². The zero-order valence-electron chi connectivity index (χ0n) is 9.82. The molecule has 0 aliphatic heterocycles. The third-order valence-corrected chi connectivity index (χ3v) is 3.42. The van der Waals surface area contributed by atoms with Gasteiger partial charge in [0.15, 0.2) is 0 Å². The summed E-state index contributed by atoms with van der Waals surface area (Å²) in [7, 11) is 0. The highest BCUT2D eigenvalue weighted by Gasteiger charge is 2.17. The summed E-state index contributed by atoms with van der Waals surface area (Å²) in [5, 5.41) is 1.23. The van der Waals surface area contributed by atoms with Crippen LogP contribution in [0.15, 0.2) is 30.5 Å². The number of carbonyl (C=O) groups is 1. The maximum Gasteiger partial charge on any atom is 0.120 e. The van der Waals surface area contributed by atoms with Crippen LogP contribution in [0.2, 0.25) is 0 Å². The van der Waals surface area contributed by atoms with E-state index in [9.17, 15) is 4.79 Å². The molecule has 1 heterocycles. The molecule has 0 aliphatic rings. The quantitative estimate of drug-likeness (QED) is 0.656. The first-order valence-electron chi connectivity index (χ1n) is 5.86. The van der Waals surface area contributed by atoms with Crippen LogP contribution in [0.25, 0.3) is 10.9 Å². The molecule has 2 rings (SSSR count). The van der Waals surface area contributed by atoms with Gasteiger partial charge in [-0.2, -0.15) is 0 Å². The normalized spacial score (nSPS) is 14.7. The molecule has 2 aromatic rings. The lowest BCUT2D eigenvalue weighted by Crippen LogP contribution is -2.04. The topological polar surface area (TPSA) is 32.9 Å². The van der Waals surface area contributed by atoms with Gasteiger partial charge in [-0.15, -0.1) is 0 Å². The molecule has 1 unspecified atom stereocenters. The fourth-order valence-electron chi connectivity index (χ4n) is 2.29. The molecule has 0 amide bonds.